The number of hydrogen-bond donors (Lipinski definition) is 0. The fourth-order valence-corrected chi connectivity index (χ4v) is 2.88. The van der Waals surface area contributed by atoms with E-state index in [-0.39, 0.29) is 0 Å². The van der Waals surface area contributed by atoms with Crippen LogP contribution in [0, 0.1) is 0 Å². The standard InChI is InChI=1S/C20H37NO/c1-2-3-4-5-6-7-8-9-10-11-12-13-14-15-16-17-20-21-18-19-22-20/h9-10H,2-8,11-19H2,1H3. The van der Waals surface area contributed by atoms with E-state index >= 15 is 0 Å². The molecule has 1 aliphatic heterocycles. The smallest absolute Gasteiger partial charge is 0.183 e. The van der Waals surface area contributed by atoms with Gasteiger partial charge in [0.15, 0.2) is 5.90 Å². The SMILES string of the molecule is CCCCCCCCC=CCCCCCCCC1=NCCO1. The third-order valence-electron chi connectivity index (χ3n) is 4.30. The van der Waals surface area contributed by atoms with Crippen molar-refractivity contribution in [2.24, 2.45) is 4.99 Å². The number of unbranched alkanes of at least 4 members (excludes halogenated alkanes) is 11. The van der Waals surface area contributed by atoms with E-state index in [1.807, 2.05) is 0 Å². The molecular formula is C20H37NO. The van der Waals surface area contributed by atoms with Crippen LogP contribution >= 0.6 is 0 Å². The summed E-state index contributed by atoms with van der Waals surface area (Å²) in [6.45, 7) is 3.96. The maximum atomic E-state index is 5.41. The Morgan fingerprint density at radius 1 is 0.818 bits per heavy atom. The Hall–Kier alpha value is -0.790. The highest BCUT2D eigenvalue weighted by atomic mass is 16.5. The predicted octanol–water partition coefficient (Wildman–Crippen LogP) is 6.45. The number of nitrogens with zero attached hydrogens (tertiary/aromatic N) is 1. The highest BCUT2D eigenvalue weighted by molar-refractivity contribution is 5.77. The summed E-state index contributed by atoms with van der Waals surface area (Å²) in [6.07, 6.45) is 23.5. The van der Waals surface area contributed by atoms with Crippen LogP contribution in [-0.4, -0.2) is 19.0 Å². The summed E-state index contributed by atoms with van der Waals surface area (Å²) in [7, 11) is 0. The van der Waals surface area contributed by atoms with Gasteiger partial charge in [-0.15, -0.1) is 0 Å². The quantitative estimate of drug-likeness (QED) is 0.251. The molecule has 22 heavy (non-hydrogen) atoms. The predicted molar refractivity (Wildman–Crippen MR) is 97.7 cm³/mol. The van der Waals surface area contributed by atoms with E-state index in [0.29, 0.717) is 0 Å². The van der Waals surface area contributed by atoms with E-state index in [0.717, 1.165) is 25.5 Å². The topological polar surface area (TPSA) is 21.6 Å². The molecular weight excluding hydrogens is 270 g/mol. The lowest BCUT2D eigenvalue weighted by atomic mass is 10.1. The molecule has 128 valence electrons. The minimum Gasteiger partial charge on any atom is -0.479 e. The molecule has 0 fully saturated rings. The molecule has 0 aromatic carbocycles. The van der Waals surface area contributed by atoms with Gasteiger partial charge in [0.05, 0.1) is 6.54 Å². The maximum Gasteiger partial charge on any atom is 0.183 e. The molecule has 1 aliphatic rings. The molecule has 0 aromatic rings. The number of hydrogen-bond acceptors (Lipinski definition) is 2. The minimum atomic E-state index is 0.806. The van der Waals surface area contributed by atoms with Crippen molar-refractivity contribution in [3.8, 4) is 0 Å². The van der Waals surface area contributed by atoms with Crippen LogP contribution in [0.4, 0.5) is 0 Å². The van der Waals surface area contributed by atoms with Crippen molar-refractivity contribution in [3.05, 3.63) is 12.2 Å². The molecule has 0 aromatic heterocycles. The number of allylic oxidation sites excluding steroid dienone is 2. The summed E-state index contributed by atoms with van der Waals surface area (Å²) >= 11 is 0. The molecule has 0 saturated carbocycles. The van der Waals surface area contributed by atoms with Crippen molar-refractivity contribution < 1.29 is 4.74 Å². The van der Waals surface area contributed by atoms with Gasteiger partial charge in [-0.1, -0.05) is 70.4 Å². The van der Waals surface area contributed by atoms with E-state index in [9.17, 15) is 0 Å². The van der Waals surface area contributed by atoms with Crippen molar-refractivity contribution in [2.45, 2.75) is 96.8 Å². The third kappa shape index (κ3) is 11.8. The lowest BCUT2D eigenvalue weighted by molar-refractivity contribution is 0.336. The zero-order chi connectivity index (χ0) is 15.7. The molecule has 0 saturated heterocycles. The molecule has 0 bridgehead atoms. The summed E-state index contributed by atoms with van der Waals surface area (Å²) in [4.78, 5) is 4.32. The van der Waals surface area contributed by atoms with Gasteiger partial charge in [0.25, 0.3) is 0 Å². The van der Waals surface area contributed by atoms with Crippen LogP contribution in [-0.2, 0) is 4.74 Å². The van der Waals surface area contributed by atoms with Gasteiger partial charge in [-0.2, -0.15) is 0 Å². The molecule has 0 amide bonds. The first-order valence-electron chi connectivity index (χ1n) is 9.74. The van der Waals surface area contributed by atoms with Crippen molar-refractivity contribution in [1.82, 2.24) is 0 Å². The van der Waals surface area contributed by atoms with Gasteiger partial charge in [-0.25, -0.2) is 0 Å². The Balaban J connectivity index is 1.72. The van der Waals surface area contributed by atoms with Gasteiger partial charge in [0.2, 0.25) is 0 Å². The monoisotopic (exact) mass is 307 g/mol. The summed E-state index contributed by atoms with van der Waals surface area (Å²) in [6, 6.07) is 0. The molecule has 0 N–H and O–H groups in total. The highest BCUT2D eigenvalue weighted by Gasteiger charge is 2.05. The Morgan fingerprint density at radius 3 is 2.00 bits per heavy atom. The summed E-state index contributed by atoms with van der Waals surface area (Å²) in [5, 5.41) is 0. The van der Waals surface area contributed by atoms with Crippen molar-refractivity contribution >= 4 is 5.90 Å². The molecule has 0 atom stereocenters. The van der Waals surface area contributed by atoms with E-state index < -0.39 is 0 Å². The van der Waals surface area contributed by atoms with Crippen LogP contribution in [0.2, 0.25) is 0 Å². The minimum absolute atomic E-state index is 0.806. The van der Waals surface area contributed by atoms with E-state index in [2.05, 4.69) is 24.1 Å². The molecule has 2 heteroatoms. The van der Waals surface area contributed by atoms with E-state index in [4.69, 9.17) is 4.74 Å². The van der Waals surface area contributed by atoms with Crippen LogP contribution in [0.3, 0.4) is 0 Å². The Kier molecular flexibility index (Phi) is 13.2. The van der Waals surface area contributed by atoms with Crippen LogP contribution in [0.1, 0.15) is 96.8 Å². The van der Waals surface area contributed by atoms with Gasteiger partial charge in [0, 0.05) is 6.42 Å². The van der Waals surface area contributed by atoms with Gasteiger partial charge >= 0.3 is 0 Å². The van der Waals surface area contributed by atoms with Crippen LogP contribution in [0.15, 0.2) is 17.1 Å². The number of rotatable bonds is 15. The summed E-state index contributed by atoms with van der Waals surface area (Å²) in [5.74, 6) is 0.998. The number of aliphatic imine (C=N–C) groups is 1. The Labute approximate surface area is 138 Å². The first-order chi connectivity index (χ1) is 10.9. The summed E-state index contributed by atoms with van der Waals surface area (Å²) in [5.41, 5.74) is 0. The first-order valence-corrected chi connectivity index (χ1v) is 9.74. The van der Waals surface area contributed by atoms with Crippen LogP contribution in [0.25, 0.3) is 0 Å². The Bertz CT molecular complexity index is 296. The van der Waals surface area contributed by atoms with Crippen molar-refractivity contribution in [1.29, 1.82) is 0 Å². The summed E-state index contributed by atoms with van der Waals surface area (Å²) < 4.78 is 5.41. The average Bonchev–Trinajstić information content (AvgIpc) is 3.04. The van der Waals surface area contributed by atoms with Crippen molar-refractivity contribution in [3.63, 3.8) is 0 Å². The zero-order valence-corrected chi connectivity index (χ0v) is 14.8. The lowest BCUT2D eigenvalue weighted by Crippen LogP contribution is -1.98. The van der Waals surface area contributed by atoms with Gasteiger partial charge in [-0.3, -0.25) is 4.99 Å². The second kappa shape index (κ2) is 15.1. The van der Waals surface area contributed by atoms with E-state index in [1.165, 1.54) is 83.5 Å². The zero-order valence-electron chi connectivity index (χ0n) is 14.8. The van der Waals surface area contributed by atoms with E-state index in [1.54, 1.807) is 0 Å². The number of ether oxygens (including phenoxy) is 1. The molecule has 0 aliphatic carbocycles. The third-order valence-corrected chi connectivity index (χ3v) is 4.30. The van der Waals surface area contributed by atoms with Crippen molar-refractivity contribution in [2.75, 3.05) is 13.2 Å². The molecule has 0 radical (unpaired) electrons. The molecule has 1 rings (SSSR count). The highest BCUT2D eigenvalue weighted by Crippen LogP contribution is 2.11. The van der Waals surface area contributed by atoms with Crippen LogP contribution in [0.5, 0.6) is 0 Å². The average molecular weight is 308 g/mol. The van der Waals surface area contributed by atoms with Gasteiger partial charge in [-0.05, 0) is 32.1 Å². The molecule has 1 heterocycles. The molecule has 2 nitrogen and oxygen atoms in total. The fraction of sp³-hybridized carbons (Fsp3) is 0.850. The Morgan fingerprint density at radius 2 is 1.41 bits per heavy atom. The maximum absolute atomic E-state index is 5.41. The second-order valence-electron chi connectivity index (χ2n) is 6.46. The lowest BCUT2D eigenvalue weighted by Gasteiger charge is -2.01. The fourth-order valence-electron chi connectivity index (χ4n) is 2.88. The second-order valence-corrected chi connectivity index (χ2v) is 6.46. The van der Waals surface area contributed by atoms with Gasteiger partial charge < -0.3 is 4.74 Å². The molecule has 0 spiro atoms. The normalized spacial score (nSPS) is 14.5. The van der Waals surface area contributed by atoms with Gasteiger partial charge in [0.1, 0.15) is 6.61 Å². The molecule has 0 unspecified atom stereocenters. The first kappa shape index (κ1) is 19.3. The largest absolute Gasteiger partial charge is 0.479 e. The van der Waals surface area contributed by atoms with Crippen LogP contribution < -0.4 is 0 Å².